The van der Waals surface area contributed by atoms with Gasteiger partial charge in [0, 0.05) is 19.6 Å². The Balaban J connectivity index is 0.00000113. The molecule has 0 saturated carbocycles. The second-order valence-corrected chi connectivity index (χ2v) is 10.3. The number of nitrogens with two attached hydrogens (primary N) is 1. The van der Waals surface area contributed by atoms with Crippen LogP contribution in [-0.4, -0.2) is 60.3 Å². The molecule has 2 unspecified atom stereocenters. The van der Waals surface area contributed by atoms with Crippen molar-refractivity contribution < 1.29 is 39.1 Å². The smallest absolute Gasteiger partial charge is 0.420 e. The van der Waals surface area contributed by atoms with Crippen LogP contribution < -0.4 is 45.9 Å². The minimum absolute atomic E-state index is 0. The third kappa shape index (κ3) is 12.3. The fraction of sp³-hybridized carbons (Fsp3) is 0.452. The first-order valence-electron chi connectivity index (χ1n) is 13.4. The summed E-state index contributed by atoms with van der Waals surface area (Å²) in [7, 11) is 1.69. The van der Waals surface area contributed by atoms with Crippen molar-refractivity contribution in [3.8, 4) is 0 Å². The van der Waals surface area contributed by atoms with E-state index >= 15 is 0 Å². The first kappa shape index (κ1) is 38.1. The molecule has 2 atom stereocenters. The molecule has 218 valence electrons. The molecule has 10 heteroatoms. The topological polar surface area (TPSA) is 137 Å². The van der Waals surface area contributed by atoms with Crippen molar-refractivity contribution in [3.63, 3.8) is 0 Å². The summed E-state index contributed by atoms with van der Waals surface area (Å²) in [5, 5.41) is 12.9. The monoisotopic (exact) mass is 570 g/mol. The van der Waals surface area contributed by atoms with Crippen LogP contribution in [-0.2, 0) is 9.59 Å². The number of allylic oxidation sites excluding steroid dienone is 4. The number of carbonyl (C=O) groups is 2. The van der Waals surface area contributed by atoms with E-state index in [2.05, 4.69) is 58.9 Å². The molecule has 0 radical (unpaired) electrons. The molecule has 2 rings (SSSR count). The molecule has 0 aliphatic carbocycles. The Morgan fingerprint density at radius 2 is 1.95 bits per heavy atom. The zero-order chi connectivity index (χ0) is 30.4. The summed E-state index contributed by atoms with van der Waals surface area (Å²) in [5.41, 5.74) is 8.59. The Bertz CT molecular complexity index is 1160. The summed E-state index contributed by atoms with van der Waals surface area (Å²) in [6.45, 7) is 23.3. The molecule has 5 N–H and O–H groups in total. The van der Waals surface area contributed by atoms with E-state index < -0.39 is 5.91 Å². The van der Waals surface area contributed by atoms with Gasteiger partial charge in [-0.2, -0.15) is 12.7 Å². The van der Waals surface area contributed by atoms with Crippen LogP contribution in [0.2, 0.25) is 0 Å². The van der Waals surface area contributed by atoms with Crippen LogP contribution in [0.5, 0.6) is 0 Å². The van der Waals surface area contributed by atoms with Crippen molar-refractivity contribution in [2.24, 2.45) is 28.5 Å². The number of carbonyl (C=O) groups excluding carboxylic acids is 2. The van der Waals surface area contributed by atoms with Gasteiger partial charge >= 0.3 is 29.6 Å². The number of rotatable bonds is 11. The molecule has 0 aromatic carbocycles. The number of amides is 2. The molecular weight excluding hydrogens is 525 g/mol. The number of anilines is 2. The Morgan fingerprint density at radius 1 is 1.29 bits per heavy atom. The van der Waals surface area contributed by atoms with Crippen molar-refractivity contribution in [3.05, 3.63) is 66.2 Å². The van der Waals surface area contributed by atoms with Crippen LogP contribution in [0.4, 0.5) is 11.4 Å². The summed E-state index contributed by atoms with van der Waals surface area (Å²) in [6, 6.07) is 2.12. The Hall–Kier alpha value is -2.85. The molecule has 0 spiro atoms. The predicted molar refractivity (Wildman–Crippen MR) is 165 cm³/mol. The molecule has 2 amide bonds. The normalized spacial score (nSPS) is 16.5. The molecule has 1 aliphatic rings. The van der Waals surface area contributed by atoms with E-state index in [9.17, 15) is 9.59 Å². The minimum atomic E-state index is -0.484. The van der Waals surface area contributed by atoms with Crippen LogP contribution in [0.1, 0.15) is 46.7 Å². The second kappa shape index (κ2) is 19.3. The number of pyridine rings is 1. The average Bonchev–Trinajstić information content (AvgIpc) is 3.42. The Morgan fingerprint density at radius 3 is 2.46 bits per heavy atom. The maximum Gasteiger partial charge on any atom is 1.00 e. The van der Waals surface area contributed by atoms with E-state index in [0.29, 0.717) is 34.9 Å². The third-order valence-electron chi connectivity index (χ3n) is 6.78. The standard InChI is InChI=1S/C22H30N5O2.C9H15N2.Na/c1-6-7-17(11-23)21(28)26-20-10-19(12-24-15(20)4)25-22(29)18-8-9-27(13-18)16(5)14(2)3;1-7(2)8(3)9(5-10)6-11-4;/h6,10-12,14,16,18,23H,1,8-9,13H2,2-5H3,(H,25,29)(H,26,28);3,5-7H,10H2,1-2,4H3;/q2*-1;+1/b;9-5+,11-6?;. The van der Waals surface area contributed by atoms with Crippen LogP contribution >= 0.6 is 0 Å². The van der Waals surface area contributed by atoms with E-state index in [1.54, 1.807) is 32.4 Å². The van der Waals surface area contributed by atoms with Gasteiger partial charge in [-0.1, -0.05) is 57.8 Å². The maximum atomic E-state index is 12.7. The number of likely N-dealkylation sites (tertiary alicyclic amines) is 1. The van der Waals surface area contributed by atoms with E-state index in [1.165, 1.54) is 12.3 Å². The van der Waals surface area contributed by atoms with Gasteiger partial charge in [0.2, 0.25) is 5.91 Å². The van der Waals surface area contributed by atoms with Crippen LogP contribution in [0.3, 0.4) is 0 Å². The number of hydrogen-bond acceptors (Lipinski definition) is 7. The fourth-order valence-electron chi connectivity index (χ4n) is 3.92. The van der Waals surface area contributed by atoms with Gasteiger partial charge in [0.25, 0.3) is 0 Å². The summed E-state index contributed by atoms with van der Waals surface area (Å²) >= 11 is 0. The number of aryl methyl sites for hydroxylation is 1. The van der Waals surface area contributed by atoms with E-state index in [-0.39, 0.29) is 47.0 Å². The molecule has 0 bridgehead atoms. The van der Waals surface area contributed by atoms with Gasteiger partial charge in [-0.15, -0.1) is 11.6 Å². The first-order chi connectivity index (χ1) is 18.9. The number of hydrogen-bond donors (Lipinski definition) is 4. The van der Waals surface area contributed by atoms with Crippen molar-refractivity contribution >= 4 is 35.6 Å². The predicted octanol–water partition coefficient (Wildman–Crippen LogP) is 1.75. The number of nitrogens with zero attached hydrogens (tertiary/aromatic N) is 3. The van der Waals surface area contributed by atoms with Crippen molar-refractivity contribution in [2.45, 2.75) is 54.0 Å². The Kier molecular flexibility index (Phi) is 18.0. The largest absolute Gasteiger partial charge is 1.00 e. The van der Waals surface area contributed by atoms with Crippen LogP contribution in [0.25, 0.3) is 0 Å². The van der Waals surface area contributed by atoms with E-state index in [4.69, 9.17) is 17.7 Å². The molecule has 1 fully saturated rings. The first-order valence-corrected chi connectivity index (χ1v) is 13.4. The van der Waals surface area contributed by atoms with E-state index in [1.807, 2.05) is 13.8 Å². The molecule has 9 nitrogen and oxygen atoms in total. The van der Waals surface area contributed by atoms with Gasteiger partial charge in [-0.05, 0) is 38.8 Å². The van der Waals surface area contributed by atoms with E-state index in [0.717, 1.165) is 36.9 Å². The van der Waals surface area contributed by atoms with Crippen molar-refractivity contribution in [2.75, 3.05) is 30.8 Å². The van der Waals surface area contributed by atoms with Crippen LogP contribution in [0, 0.1) is 42.7 Å². The molecule has 1 aliphatic heterocycles. The zero-order valence-corrected chi connectivity index (χ0v) is 27.9. The molecule has 41 heavy (non-hydrogen) atoms. The summed E-state index contributed by atoms with van der Waals surface area (Å²) in [5.74, 6) is 0.268. The molecule has 1 aromatic heterocycles. The quantitative estimate of drug-likeness (QED) is 0.106. The van der Waals surface area contributed by atoms with Crippen molar-refractivity contribution in [1.82, 2.24) is 9.88 Å². The van der Waals surface area contributed by atoms with Gasteiger partial charge in [0.1, 0.15) is 0 Å². The fourth-order valence-corrected chi connectivity index (χ4v) is 3.92. The molecular formula is C31H45N7NaO2-. The number of nitrogens with one attached hydrogen (secondary N) is 3. The second-order valence-electron chi connectivity index (χ2n) is 10.3. The van der Waals surface area contributed by atoms with Gasteiger partial charge in [-0.3, -0.25) is 21.3 Å². The van der Waals surface area contributed by atoms with Gasteiger partial charge < -0.3 is 31.6 Å². The Labute approximate surface area is 268 Å². The van der Waals surface area contributed by atoms with Gasteiger partial charge in [-0.25, -0.2) is 5.57 Å². The molecule has 2 heterocycles. The average molecular weight is 571 g/mol. The van der Waals surface area contributed by atoms with Gasteiger partial charge in [0.15, 0.2) is 5.91 Å². The van der Waals surface area contributed by atoms with Crippen molar-refractivity contribution in [1.29, 1.82) is 5.41 Å². The van der Waals surface area contributed by atoms with Crippen LogP contribution in [0.15, 0.2) is 52.8 Å². The molecule has 1 saturated heterocycles. The molecule has 1 aromatic rings. The minimum Gasteiger partial charge on any atom is -0.420 e. The SMILES string of the molecule is C=C[C-]=C(C=N)C(=O)Nc1cc(NC(=O)C2CCN(C(C)C(C)C)C2)cnc1C.[CH-]=C(/C(C=NC)=C/N)C(C)C.[Na+]. The maximum absolute atomic E-state index is 12.7. The summed E-state index contributed by atoms with van der Waals surface area (Å²) in [4.78, 5) is 35.4. The van der Waals surface area contributed by atoms with Gasteiger partial charge in [0.05, 0.1) is 29.2 Å². The number of aromatic nitrogens is 1. The third-order valence-corrected chi connectivity index (χ3v) is 6.78. The number of aliphatic imine (C=N–C) groups is 1. The zero-order valence-electron chi connectivity index (χ0n) is 25.9. The summed E-state index contributed by atoms with van der Waals surface area (Å²) in [6.07, 6.45) is 10.4. The summed E-state index contributed by atoms with van der Waals surface area (Å²) < 4.78 is 0.